The molecule has 1 aliphatic rings. The number of aliphatic hydroxyl groups is 1. The fraction of sp³-hybridized carbons (Fsp3) is 0.471. The van der Waals surface area contributed by atoms with E-state index in [9.17, 15) is 5.11 Å². The van der Waals surface area contributed by atoms with Crippen LogP contribution in [0, 0.1) is 19.3 Å². The van der Waals surface area contributed by atoms with Gasteiger partial charge in [0.1, 0.15) is 0 Å². The summed E-state index contributed by atoms with van der Waals surface area (Å²) in [5, 5.41) is 10.4. The molecule has 20 heavy (non-hydrogen) atoms. The molecule has 3 rings (SSSR count). The lowest BCUT2D eigenvalue weighted by Gasteiger charge is -2.34. The second-order valence-corrected chi connectivity index (χ2v) is 6.74. The Labute approximate surface area is 120 Å². The Morgan fingerprint density at radius 2 is 2.05 bits per heavy atom. The lowest BCUT2D eigenvalue weighted by atomic mass is 9.75. The molecule has 0 saturated carbocycles. The van der Waals surface area contributed by atoms with Crippen molar-refractivity contribution in [2.24, 2.45) is 5.41 Å². The molecule has 0 aliphatic heterocycles. The van der Waals surface area contributed by atoms with Crippen molar-refractivity contribution in [1.29, 1.82) is 0 Å². The van der Waals surface area contributed by atoms with Gasteiger partial charge in [-0.2, -0.15) is 0 Å². The summed E-state index contributed by atoms with van der Waals surface area (Å²) in [5.74, 6) is 0. The maximum atomic E-state index is 10.4. The maximum absolute atomic E-state index is 10.4. The highest BCUT2D eigenvalue weighted by Gasteiger charge is 2.34. The fourth-order valence-corrected chi connectivity index (χ4v) is 3.30. The largest absolute Gasteiger partial charge is 0.388 e. The SMILES string of the molecule is Cc1ccc(-n2c(C)cc3c2CC(C)(C)CC3O)cn1. The van der Waals surface area contributed by atoms with Gasteiger partial charge in [0.2, 0.25) is 0 Å². The van der Waals surface area contributed by atoms with Crippen LogP contribution in [0.5, 0.6) is 0 Å². The Morgan fingerprint density at radius 1 is 1.30 bits per heavy atom. The number of fused-ring (bicyclic) bond motifs is 1. The van der Waals surface area contributed by atoms with Crippen molar-refractivity contribution in [3.8, 4) is 5.69 Å². The average Bonchev–Trinajstić information content (AvgIpc) is 2.66. The highest BCUT2D eigenvalue weighted by Crippen LogP contribution is 2.42. The Morgan fingerprint density at radius 3 is 2.70 bits per heavy atom. The second kappa shape index (κ2) is 4.45. The quantitative estimate of drug-likeness (QED) is 0.861. The van der Waals surface area contributed by atoms with Crippen LogP contribution < -0.4 is 0 Å². The number of rotatable bonds is 1. The first-order valence-electron chi connectivity index (χ1n) is 7.20. The number of aromatic nitrogens is 2. The number of aryl methyl sites for hydroxylation is 2. The molecule has 3 nitrogen and oxygen atoms in total. The summed E-state index contributed by atoms with van der Waals surface area (Å²) in [5.41, 5.74) is 5.72. The van der Waals surface area contributed by atoms with Gasteiger partial charge < -0.3 is 9.67 Å². The van der Waals surface area contributed by atoms with E-state index in [2.05, 4.69) is 42.5 Å². The lowest BCUT2D eigenvalue weighted by molar-refractivity contribution is 0.0987. The molecule has 0 amide bonds. The number of pyridine rings is 1. The molecule has 0 spiro atoms. The number of aliphatic hydroxyl groups excluding tert-OH is 1. The van der Waals surface area contributed by atoms with Gasteiger partial charge in [0, 0.05) is 22.6 Å². The van der Waals surface area contributed by atoms with Gasteiger partial charge in [0.15, 0.2) is 0 Å². The van der Waals surface area contributed by atoms with Crippen molar-refractivity contribution in [3.05, 3.63) is 47.0 Å². The van der Waals surface area contributed by atoms with Crippen molar-refractivity contribution in [2.75, 3.05) is 0 Å². The molecule has 1 aliphatic carbocycles. The molecule has 2 aromatic heterocycles. The number of nitrogens with zero attached hydrogens (tertiary/aromatic N) is 2. The first-order valence-corrected chi connectivity index (χ1v) is 7.20. The number of hydrogen-bond acceptors (Lipinski definition) is 2. The molecule has 1 unspecified atom stereocenters. The first kappa shape index (κ1) is 13.4. The summed E-state index contributed by atoms with van der Waals surface area (Å²) in [7, 11) is 0. The van der Waals surface area contributed by atoms with Gasteiger partial charge in [-0.15, -0.1) is 0 Å². The van der Waals surface area contributed by atoms with Crippen LogP contribution in [0.2, 0.25) is 0 Å². The molecule has 0 aromatic carbocycles. The van der Waals surface area contributed by atoms with Gasteiger partial charge in [-0.3, -0.25) is 4.98 Å². The van der Waals surface area contributed by atoms with E-state index in [1.807, 2.05) is 19.2 Å². The predicted molar refractivity (Wildman–Crippen MR) is 80.1 cm³/mol. The zero-order valence-electron chi connectivity index (χ0n) is 12.6. The van der Waals surface area contributed by atoms with E-state index < -0.39 is 0 Å². The van der Waals surface area contributed by atoms with E-state index in [4.69, 9.17) is 0 Å². The van der Waals surface area contributed by atoms with Crippen LogP contribution in [0.1, 0.15) is 49.0 Å². The predicted octanol–water partition coefficient (Wildman–Crippen LogP) is 3.49. The Hall–Kier alpha value is -1.61. The standard InChI is InChI=1S/C17H22N2O/c1-11-5-6-13(10-18-11)19-12(2)7-14-15(19)8-17(3,4)9-16(14)20/h5-7,10,16,20H,8-9H2,1-4H3. The zero-order chi connectivity index (χ0) is 14.5. The first-order chi connectivity index (χ1) is 9.37. The van der Waals surface area contributed by atoms with Crippen LogP contribution in [-0.4, -0.2) is 14.7 Å². The molecule has 2 heterocycles. The van der Waals surface area contributed by atoms with Gasteiger partial charge >= 0.3 is 0 Å². The minimum Gasteiger partial charge on any atom is -0.388 e. The summed E-state index contributed by atoms with van der Waals surface area (Å²) in [4.78, 5) is 4.40. The van der Waals surface area contributed by atoms with Crippen LogP contribution in [0.15, 0.2) is 24.4 Å². The van der Waals surface area contributed by atoms with Crippen molar-refractivity contribution in [1.82, 2.24) is 9.55 Å². The minimum atomic E-state index is -0.355. The minimum absolute atomic E-state index is 0.132. The summed E-state index contributed by atoms with van der Waals surface area (Å²) < 4.78 is 2.24. The third-order valence-electron chi connectivity index (χ3n) is 4.23. The lowest BCUT2D eigenvalue weighted by Crippen LogP contribution is -2.26. The third kappa shape index (κ3) is 2.16. The fourth-order valence-electron chi connectivity index (χ4n) is 3.30. The van der Waals surface area contributed by atoms with Crippen molar-refractivity contribution < 1.29 is 5.11 Å². The van der Waals surface area contributed by atoms with Crippen LogP contribution >= 0.6 is 0 Å². The topological polar surface area (TPSA) is 38.0 Å². The van der Waals surface area contributed by atoms with E-state index >= 15 is 0 Å². The van der Waals surface area contributed by atoms with E-state index in [1.165, 1.54) is 5.69 Å². The Balaban J connectivity index is 2.16. The molecule has 0 bridgehead atoms. The molecule has 2 aromatic rings. The highest BCUT2D eigenvalue weighted by atomic mass is 16.3. The van der Waals surface area contributed by atoms with Crippen molar-refractivity contribution in [3.63, 3.8) is 0 Å². The van der Waals surface area contributed by atoms with Crippen LogP contribution in [0.25, 0.3) is 5.69 Å². The normalized spacial score (nSPS) is 20.8. The smallest absolute Gasteiger partial charge is 0.0812 e. The molecular formula is C17H22N2O. The van der Waals surface area contributed by atoms with E-state index in [0.29, 0.717) is 0 Å². The summed E-state index contributed by atoms with van der Waals surface area (Å²) >= 11 is 0. The molecule has 3 heteroatoms. The Bertz CT molecular complexity index is 638. The monoisotopic (exact) mass is 270 g/mol. The van der Waals surface area contributed by atoms with Crippen LogP contribution in [-0.2, 0) is 6.42 Å². The number of hydrogen-bond donors (Lipinski definition) is 1. The van der Waals surface area contributed by atoms with Crippen LogP contribution in [0.4, 0.5) is 0 Å². The third-order valence-corrected chi connectivity index (χ3v) is 4.23. The van der Waals surface area contributed by atoms with Gasteiger partial charge in [-0.1, -0.05) is 13.8 Å². The molecule has 1 N–H and O–H groups in total. The van der Waals surface area contributed by atoms with Gasteiger partial charge in [0.25, 0.3) is 0 Å². The van der Waals surface area contributed by atoms with Crippen molar-refractivity contribution in [2.45, 2.75) is 46.6 Å². The molecule has 1 atom stereocenters. The molecule has 0 saturated heterocycles. The van der Waals surface area contributed by atoms with Gasteiger partial charge in [-0.05, 0) is 50.3 Å². The summed E-state index contributed by atoms with van der Waals surface area (Å²) in [6, 6.07) is 6.25. The van der Waals surface area contributed by atoms with Gasteiger partial charge in [-0.25, -0.2) is 0 Å². The molecule has 0 radical (unpaired) electrons. The second-order valence-electron chi connectivity index (χ2n) is 6.74. The molecular weight excluding hydrogens is 248 g/mol. The van der Waals surface area contributed by atoms with Crippen molar-refractivity contribution >= 4 is 0 Å². The highest BCUT2D eigenvalue weighted by molar-refractivity contribution is 5.43. The van der Waals surface area contributed by atoms with Gasteiger partial charge in [0.05, 0.1) is 18.0 Å². The molecule has 106 valence electrons. The zero-order valence-corrected chi connectivity index (χ0v) is 12.6. The van der Waals surface area contributed by atoms with E-state index in [1.54, 1.807) is 0 Å². The van der Waals surface area contributed by atoms with E-state index in [0.717, 1.165) is 35.5 Å². The summed E-state index contributed by atoms with van der Waals surface area (Å²) in [6.45, 7) is 8.53. The van der Waals surface area contributed by atoms with Crippen LogP contribution in [0.3, 0.4) is 0 Å². The van der Waals surface area contributed by atoms with E-state index in [-0.39, 0.29) is 11.5 Å². The maximum Gasteiger partial charge on any atom is 0.0812 e. The Kier molecular flexibility index (Phi) is 2.98. The average molecular weight is 270 g/mol. The summed E-state index contributed by atoms with van der Waals surface area (Å²) in [6.07, 6.45) is 3.37. The molecule has 0 fully saturated rings.